The van der Waals surface area contributed by atoms with Crippen LogP contribution in [-0.4, -0.2) is 56.5 Å². The smallest absolute Gasteiger partial charge is 0.261 e. The number of para-hydroxylation sites is 1. The number of thiocarbonyl (C=S) groups is 1. The average Bonchev–Trinajstić information content (AvgIpc) is 3.32. The summed E-state index contributed by atoms with van der Waals surface area (Å²) in [5, 5.41) is 8.58. The third kappa shape index (κ3) is 7.01. The molecule has 2 amide bonds. The topological polar surface area (TPSA) is 97.9 Å². The van der Waals surface area contributed by atoms with Crippen LogP contribution >= 0.6 is 12.2 Å². The highest BCUT2D eigenvalue weighted by atomic mass is 32.1. The molecule has 0 bridgehead atoms. The molecule has 1 aliphatic heterocycles. The van der Waals surface area contributed by atoms with Gasteiger partial charge < -0.3 is 24.8 Å². The molecule has 1 fully saturated rings. The van der Waals surface area contributed by atoms with Crippen molar-refractivity contribution in [2.75, 3.05) is 38.8 Å². The number of amides is 2. The third-order valence-corrected chi connectivity index (χ3v) is 5.00. The van der Waals surface area contributed by atoms with Crippen molar-refractivity contribution in [2.24, 2.45) is 0 Å². The first kappa shape index (κ1) is 23.6. The van der Waals surface area contributed by atoms with Gasteiger partial charge in [0.15, 0.2) is 5.11 Å². The summed E-state index contributed by atoms with van der Waals surface area (Å²) >= 11 is 5.27. The lowest BCUT2D eigenvalue weighted by molar-refractivity contribution is 0.0857. The predicted molar refractivity (Wildman–Crippen MR) is 125 cm³/mol. The summed E-state index contributed by atoms with van der Waals surface area (Å²) in [5.41, 5.74) is 1.43. The molecule has 1 saturated heterocycles. The van der Waals surface area contributed by atoms with Crippen LogP contribution in [0.2, 0.25) is 0 Å². The number of benzene rings is 2. The molecule has 0 radical (unpaired) electrons. The molecule has 1 heterocycles. The highest BCUT2D eigenvalue weighted by Crippen LogP contribution is 2.18. The number of hydrogen-bond acceptors (Lipinski definition) is 6. The molecule has 0 spiro atoms. The monoisotopic (exact) mass is 457 g/mol. The molecule has 170 valence electrons. The van der Waals surface area contributed by atoms with Gasteiger partial charge in [0.1, 0.15) is 12.4 Å². The number of rotatable bonds is 9. The Hall–Kier alpha value is -3.01. The summed E-state index contributed by atoms with van der Waals surface area (Å²) in [6.07, 6.45) is 2.05. The maximum atomic E-state index is 12.7. The van der Waals surface area contributed by atoms with E-state index in [2.05, 4.69) is 16.0 Å². The highest BCUT2D eigenvalue weighted by Gasteiger charge is 2.17. The molecule has 8 nitrogen and oxygen atoms in total. The van der Waals surface area contributed by atoms with Gasteiger partial charge in [-0.25, -0.2) is 0 Å². The predicted octanol–water partition coefficient (Wildman–Crippen LogP) is 2.75. The number of methoxy groups -OCH3 is 1. The lowest BCUT2D eigenvalue weighted by Crippen LogP contribution is -2.34. The van der Waals surface area contributed by atoms with Gasteiger partial charge in [-0.1, -0.05) is 18.2 Å². The Morgan fingerprint density at radius 2 is 1.97 bits per heavy atom. The first-order valence-electron chi connectivity index (χ1n) is 10.4. The largest absolute Gasteiger partial charge is 0.490 e. The molecular formula is C23H27N3O5S. The minimum absolute atomic E-state index is 0.0735. The van der Waals surface area contributed by atoms with Gasteiger partial charge >= 0.3 is 0 Å². The van der Waals surface area contributed by atoms with Crippen LogP contribution < -0.4 is 20.7 Å². The van der Waals surface area contributed by atoms with Crippen LogP contribution in [0.15, 0.2) is 48.5 Å². The minimum atomic E-state index is -0.402. The Morgan fingerprint density at radius 1 is 1.12 bits per heavy atom. The van der Waals surface area contributed by atoms with E-state index in [0.29, 0.717) is 42.3 Å². The van der Waals surface area contributed by atoms with Crippen LogP contribution in [-0.2, 0) is 9.47 Å². The van der Waals surface area contributed by atoms with Crippen molar-refractivity contribution in [3.8, 4) is 5.75 Å². The number of hydrogen-bond donors (Lipinski definition) is 3. The Bertz CT molecular complexity index is 947. The van der Waals surface area contributed by atoms with Gasteiger partial charge in [0.2, 0.25) is 0 Å². The van der Waals surface area contributed by atoms with Gasteiger partial charge in [0.05, 0.1) is 18.3 Å². The minimum Gasteiger partial charge on any atom is -0.490 e. The maximum Gasteiger partial charge on any atom is 0.261 e. The first-order valence-corrected chi connectivity index (χ1v) is 10.8. The van der Waals surface area contributed by atoms with E-state index in [9.17, 15) is 9.59 Å². The van der Waals surface area contributed by atoms with Crippen molar-refractivity contribution < 1.29 is 23.8 Å². The van der Waals surface area contributed by atoms with E-state index in [0.717, 1.165) is 19.4 Å². The molecule has 3 rings (SSSR count). The van der Waals surface area contributed by atoms with Crippen molar-refractivity contribution in [3.05, 3.63) is 59.7 Å². The standard InChI is InChI=1S/C23H27N3O5S/c1-29-12-13-31-20-10-3-2-9-19(20)22(28)26-23(32)25-17-7-4-6-16(14-17)21(27)24-15-18-8-5-11-30-18/h2-4,6-7,9-10,14,18H,5,8,11-13,15H2,1H3,(H,24,27)(H2,25,26,28,32). The Morgan fingerprint density at radius 3 is 2.75 bits per heavy atom. The summed E-state index contributed by atoms with van der Waals surface area (Å²) in [5.74, 6) is -0.156. The fourth-order valence-corrected chi connectivity index (χ4v) is 3.41. The molecule has 1 aliphatic rings. The molecule has 0 aromatic heterocycles. The summed E-state index contributed by atoms with van der Waals surface area (Å²) in [7, 11) is 1.58. The van der Waals surface area contributed by atoms with Gasteiger partial charge in [-0.05, 0) is 55.4 Å². The van der Waals surface area contributed by atoms with Gasteiger partial charge in [0, 0.05) is 31.5 Å². The maximum absolute atomic E-state index is 12.7. The molecule has 3 N–H and O–H groups in total. The number of carbonyl (C=O) groups excluding carboxylic acids is 2. The Kier molecular flexibility index (Phi) is 8.97. The molecular weight excluding hydrogens is 430 g/mol. The van der Waals surface area contributed by atoms with E-state index < -0.39 is 5.91 Å². The van der Waals surface area contributed by atoms with E-state index in [1.807, 2.05) is 0 Å². The van der Waals surface area contributed by atoms with Crippen LogP contribution in [0.1, 0.15) is 33.6 Å². The van der Waals surface area contributed by atoms with Crippen molar-refractivity contribution in [2.45, 2.75) is 18.9 Å². The fraction of sp³-hybridized carbons (Fsp3) is 0.348. The van der Waals surface area contributed by atoms with Gasteiger partial charge in [-0.2, -0.15) is 0 Å². The van der Waals surface area contributed by atoms with Crippen molar-refractivity contribution >= 4 is 34.8 Å². The molecule has 9 heteroatoms. The second kappa shape index (κ2) is 12.1. The zero-order valence-electron chi connectivity index (χ0n) is 17.9. The van der Waals surface area contributed by atoms with Crippen LogP contribution in [0, 0.1) is 0 Å². The molecule has 1 unspecified atom stereocenters. The van der Waals surface area contributed by atoms with Gasteiger partial charge in [-0.15, -0.1) is 0 Å². The molecule has 2 aromatic rings. The third-order valence-electron chi connectivity index (χ3n) is 4.80. The fourth-order valence-electron chi connectivity index (χ4n) is 3.20. The van der Waals surface area contributed by atoms with Gasteiger partial charge in [0.25, 0.3) is 11.8 Å². The van der Waals surface area contributed by atoms with Crippen LogP contribution in [0.25, 0.3) is 0 Å². The van der Waals surface area contributed by atoms with E-state index in [4.69, 9.17) is 26.4 Å². The van der Waals surface area contributed by atoms with E-state index >= 15 is 0 Å². The van der Waals surface area contributed by atoms with Crippen molar-refractivity contribution in [3.63, 3.8) is 0 Å². The van der Waals surface area contributed by atoms with Crippen LogP contribution in [0.3, 0.4) is 0 Å². The number of nitrogens with one attached hydrogen (secondary N) is 3. The average molecular weight is 458 g/mol. The number of ether oxygens (including phenoxy) is 3. The van der Waals surface area contributed by atoms with Gasteiger partial charge in [-0.3, -0.25) is 14.9 Å². The second-order valence-electron chi connectivity index (χ2n) is 7.17. The Labute approximate surface area is 192 Å². The first-order chi connectivity index (χ1) is 15.6. The summed E-state index contributed by atoms with van der Waals surface area (Å²) < 4.78 is 16.1. The lowest BCUT2D eigenvalue weighted by atomic mass is 10.1. The second-order valence-corrected chi connectivity index (χ2v) is 7.58. The Balaban J connectivity index is 1.55. The summed E-state index contributed by atoms with van der Waals surface area (Å²) in [6.45, 7) is 1.96. The van der Waals surface area contributed by atoms with E-state index in [-0.39, 0.29) is 17.1 Å². The van der Waals surface area contributed by atoms with Crippen LogP contribution in [0.4, 0.5) is 5.69 Å². The lowest BCUT2D eigenvalue weighted by Gasteiger charge is -2.14. The normalized spacial score (nSPS) is 15.1. The van der Waals surface area contributed by atoms with E-state index in [1.54, 1.807) is 55.6 Å². The number of carbonyl (C=O) groups is 2. The van der Waals surface area contributed by atoms with Crippen molar-refractivity contribution in [1.82, 2.24) is 10.6 Å². The zero-order chi connectivity index (χ0) is 22.8. The number of anilines is 1. The zero-order valence-corrected chi connectivity index (χ0v) is 18.7. The summed E-state index contributed by atoms with van der Waals surface area (Å²) in [6, 6.07) is 13.8. The molecule has 2 aromatic carbocycles. The summed E-state index contributed by atoms with van der Waals surface area (Å²) in [4.78, 5) is 25.1. The molecule has 1 atom stereocenters. The van der Waals surface area contributed by atoms with E-state index in [1.165, 1.54) is 0 Å². The SMILES string of the molecule is COCCOc1ccccc1C(=O)NC(=S)Nc1cccc(C(=O)NCC2CCCO2)c1. The molecule has 0 saturated carbocycles. The van der Waals surface area contributed by atoms with Crippen LogP contribution in [0.5, 0.6) is 5.75 Å². The molecule has 0 aliphatic carbocycles. The molecule has 32 heavy (non-hydrogen) atoms. The highest BCUT2D eigenvalue weighted by molar-refractivity contribution is 7.80. The van der Waals surface area contributed by atoms with Crippen molar-refractivity contribution in [1.29, 1.82) is 0 Å². The quantitative estimate of drug-likeness (QED) is 0.393.